The molecule has 2 aliphatic carbocycles. The maximum Gasteiger partial charge on any atom is 0.164 e. The molecular formula is C47H30N4. The fraction of sp³-hybridized carbons (Fsp3) is 0.0426. The summed E-state index contributed by atoms with van der Waals surface area (Å²) in [6, 6.07) is 58.6. The van der Waals surface area contributed by atoms with Gasteiger partial charge in [-0.25, -0.2) is 15.0 Å². The third-order valence-corrected chi connectivity index (χ3v) is 10.9. The number of aromatic amines is 1. The molecule has 0 aliphatic heterocycles. The fourth-order valence-electron chi connectivity index (χ4n) is 8.63. The van der Waals surface area contributed by atoms with Crippen molar-refractivity contribution in [1.29, 1.82) is 0 Å². The lowest BCUT2D eigenvalue weighted by atomic mass is 9.78. The van der Waals surface area contributed by atoms with E-state index in [1.807, 2.05) is 36.4 Å². The molecule has 0 saturated heterocycles. The standard InChI is InChI=1S/C47H30N4/c1-3-13-28(14-4-1)45-49-46(29-15-5-2-6-16-29)51-47(50-45)30-23-24-33-31-17-7-9-20-35(31)43(39(33)25-30)44-36-21-10-8-18-32(36)37-26-38-34-19-11-12-22-41(34)48-42(38)27-40(37)44/h1-27,43-44,48H. The first kappa shape index (κ1) is 28.2. The van der Waals surface area contributed by atoms with Crippen LogP contribution in [0.4, 0.5) is 0 Å². The molecule has 2 unspecified atom stereocenters. The van der Waals surface area contributed by atoms with E-state index in [0.29, 0.717) is 17.5 Å². The molecule has 0 radical (unpaired) electrons. The van der Waals surface area contributed by atoms with Gasteiger partial charge in [0.1, 0.15) is 0 Å². The monoisotopic (exact) mass is 650 g/mol. The Morgan fingerprint density at radius 2 is 0.843 bits per heavy atom. The molecule has 4 nitrogen and oxygen atoms in total. The van der Waals surface area contributed by atoms with Gasteiger partial charge in [0, 0.05) is 50.3 Å². The third-order valence-electron chi connectivity index (χ3n) is 10.9. The van der Waals surface area contributed by atoms with Crippen molar-refractivity contribution in [3.8, 4) is 56.4 Å². The van der Waals surface area contributed by atoms with Crippen LogP contribution in [0.1, 0.15) is 34.1 Å². The molecule has 7 aromatic carbocycles. The minimum absolute atomic E-state index is 0.115. The van der Waals surface area contributed by atoms with E-state index >= 15 is 0 Å². The lowest BCUT2D eigenvalue weighted by Gasteiger charge is -2.24. The van der Waals surface area contributed by atoms with Crippen molar-refractivity contribution in [1.82, 2.24) is 19.9 Å². The summed E-state index contributed by atoms with van der Waals surface area (Å²) in [5, 5.41) is 2.53. The van der Waals surface area contributed by atoms with E-state index in [-0.39, 0.29) is 11.8 Å². The number of fused-ring (bicyclic) bond motifs is 9. The quantitative estimate of drug-likeness (QED) is 0.206. The molecule has 9 aromatic rings. The van der Waals surface area contributed by atoms with Gasteiger partial charge < -0.3 is 4.98 Å². The smallest absolute Gasteiger partial charge is 0.164 e. The lowest BCUT2D eigenvalue weighted by Crippen LogP contribution is -2.10. The maximum absolute atomic E-state index is 5.10. The zero-order chi connectivity index (χ0) is 33.5. The molecule has 0 fully saturated rings. The van der Waals surface area contributed by atoms with Crippen molar-refractivity contribution >= 4 is 21.8 Å². The average molecular weight is 651 g/mol. The average Bonchev–Trinajstić information content (AvgIpc) is 3.84. The zero-order valence-electron chi connectivity index (χ0n) is 27.6. The molecule has 2 atom stereocenters. The summed E-state index contributed by atoms with van der Waals surface area (Å²) in [4.78, 5) is 18.9. The number of para-hydroxylation sites is 1. The Kier molecular flexibility index (Phi) is 6.05. The molecule has 2 aliphatic rings. The number of nitrogens with one attached hydrogen (secondary N) is 1. The van der Waals surface area contributed by atoms with Crippen LogP contribution < -0.4 is 0 Å². The van der Waals surface area contributed by atoms with Crippen LogP contribution in [-0.2, 0) is 0 Å². The van der Waals surface area contributed by atoms with Gasteiger partial charge in [-0.1, -0.05) is 140 Å². The zero-order valence-corrected chi connectivity index (χ0v) is 27.6. The Bertz CT molecular complexity index is 2760. The van der Waals surface area contributed by atoms with Gasteiger partial charge in [0.25, 0.3) is 0 Å². The van der Waals surface area contributed by atoms with Crippen molar-refractivity contribution in [3.05, 3.63) is 186 Å². The van der Waals surface area contributed by atoms with Crippen LogP contribution in [0.3, 0.4) is 0 Å². The minimum Gasteiger partial charge on any atom is -0.355 e. The fourth-order valence-corrected chi connectivity index (χ4v) is 8.63. The van der Waals surface area contributed by atoms with Crippen molar-refractivity contribution < 1.29 is 0 Å². The lowest BCUT2D eigenvalue weighted by molar-refractivity contribution is 0.724. The molecule has 4 heteroatoms. The molecule has 11 rings (SSSR count). The topological polar surface area (TPSA) is 54.5 Å². The highest BCUT2D eigenvalue weighted by atomic mass is 15.0. The second kappa shape index (κ2) is 10.9. The number of H-pyrrole nitrogens is 1. The van der Waals surface area contributed by atoms with Gasteiger partial charge in [0.05, 0.1) is 0 Å². The van der Waals surface area contributed by atoms with Crippen LogP contribution in [-0.4, -0.2) is 19.9 Å². The van der Waals surface area contributed by atoms with Gasteiger partial charge in [0.2, 0.25) is 0 Å². The number of nitrogens with zero attached hydrogens (tertiary/aromatic N) is 3. The second-order valence-electron chi connectivity index (χ2n) is 13.6. The molecule has 0 amide bonds. The molecule has 0 bridgehead atoms. The third kappa shape index (κ3) is 4.30. The van der Waals surface area contributed by atoms with Gasteiger partial charge in [-0.15, -0.1) is 0 Å². The van der Waals surface area contributed by atoms with Gasteiger partial charge >= 0.3 is 0 Å². The van der Waals surface area contributed by atoms with Crippen LogP contribution in [0.2, 0.25) is 0 Å². The van der Waals surface area contributed by atoms with Gasteiger partial charge in [-0.2, -0.15) is 0 Å². The number of aromatic nitrogens is 4. The van der Waals surface area contributed by atoms with Crippen molar-refractivity contribution in [2.45, 2.75) is 11.8 Å². The van der Waals surface area contributed by atoms with Crippen molar-refractivity contribution in [3.63, 3.8) is 0 Å². The number of hydrogen-bond acceptors (Lipinski definition) is 3. The highest BCUT2D eigenvalue weighted by Gasteiger charge is 2.41. The molecule has 0 spiro atoms. The van der Waals surface area contributed by atoms with E-state index in [1.54, 1.807) is 0 Å². The Morgan fingerprint density at radius 1 is 0.333 bits per heavy atom. The molecular weight excluding hydrogens is 621 g/mol. The van der Waals surface area contributed by atoms with E-state index in [2.05, 4.69) is 132 Å². The maximum atomic E-state index is 5.10. The van der Waals surface area contributed by atoms with E-state index < -0.39 is 0 Å². The first-order valence-electron chi connectivity index (χ1n) is 17.5. The summed E-state index contributed by atoms with van der Waals surface area (Å²) >= 11 is 0. The molecule has 238 valence electrons. The van der Waals surface area contributed by atoms with E-state index in [4.69, 9.17) is 15.0 Å². The summed E-state index contributed by atoms with van der Waals surface area (Å²) in [6.45, 7) is 0. The molecule has 51 heavy (non-hydrogen) atoms. The Labute approximate surface area is 295 Å². The summed E-state index contributed by atoms with van der Waals surface area (Å²) < 4.78 is 0. The van der Waals surface area contributed by atoms with Gasteiger partial charge in [0.15, 0.2) is 17.5 Å². The number of hydrogen-bond donors (Lipinski definition) is 1. The number of benzene rings is 7. The molecule has 0 saturated carbocycles. The highest BCUT2D eigenvalue weighted by molar-refractivity contribution is 6.09. The molecule has 1 N–H and O–H groups in total. The largest absolute Gasteiger partial charge is 0.355 e. The second-order valence-corrected chi connectivity index (χ2v) is 13.6. The SMILES string of the molecule is c1ccc(-c2nc(-c3ccccc3)nc(-c3ccc4c(c3)C(C3c5ccccc5-c5cc6c(cc53)[nH]c3ccccc36)c3ccccc3-4)n2)cc1. The molecule has 2 aromatic heterocycles. The Hall–Kier alpha value is -6.65. The Balaban J connectivity index is 1.12. The minimum atomic E-state index is 0.115. The summed E-state index contributed by atoms with van der Waals surface area (Å²) in [5.74, 6) is 2.26. The van der Waals surface area contributed by atoms with Crippen molar-refractivity contribution in [2.75, 3.05) is 0 Å². The van der Waals surface area contributed by atoms with E-state index in [1.165, 1.54) is 66.3 Å². The van der Waals surface area contributed by atoms with Crippen LogP contribution in [0, 0.1) is 0 Å². The van der Waals surface area contributed by atoms with Crippen LogP contribution in [0.5, 0.6) is 0 Å². The highest BCUT2D eigenvalue weighted by Crippen LogP contribution is 2.59. The summed E-state index contributed by atoms with van der Waals surface area (Å²) in [6.07, 6.45) is 0. The summed E-state index contributed by atoms with van der Waals surface area (Å²) in [5.41, 5.74) is 15.9. The molecule has 2 heterocycles. The first-order chi connectivity index (χ1) is 25.3. The predicted octanol–water partition coefficient (Wildman–Crippen LogP) is 11.4. The van der Waals surface area contributed by atoms with Crippen LogP contribution >= 0.6 is 0 Å². The normalized spacial score (nSPS) is 15.5. The van der Waals surface area contributed by atoms with Crippen LogP contribution in [0.15, 0.2) is 164 Å². The van der Waals surface area contributed by atoms with E-state index in [9.17, 15) is 0 Å². The Morgan fingerprint density at radius 3 is 1.51 bits per heavy atom. The van der Waals surface area contributed by atoms with Crippen LogP contribution in [0.25, 0.3) is 78.2 Å². The number of rotatable bonds is 4. The van der Waals surface area contributed by atoms with Gasteiger partial charge in [-0.3, -0.25) is 0 Å². The predicted molar refractivity (Wildman–Crippen MR) is 206 cm³/mol. The first-order valence-corrected chi connectivity index (χ1v) is 17.5. The van der Waals surface area contributed by atoms with Crippen molar-refractivity contribution in [2.24, 2.45) is 0 Å². The van der Waals surface area contributed by atoms with E-state index in [0.717, 1.165) is 16.7 Å². The van der Waals surface area contributed by atoms with Gasteiger partial charge in [-0.05, 0) is 68.8 Å². The summed E-state index contributed by atoms with van der Waals surface area (Å²) in [7, 11) is 0.